The van der Waals surface area contributed by atoms with Crippen molar-refractivity contribution in [1.29, 1.82) is 0 Å². The number of hydrogen-bond donors (Lipinski definition) is 0. The number of fused-ring (bicyclic) bond motifs is 6. The Kier molecular flexibility index (Phi) is 4.62. The average Bonchev–Trinajstić information content (AvgIpc) is 3.59. The quantitative estimate of drug-likeness (QED) is 0.244. The topological polar surface area (TPSA) is 56.5 Å². The molecular weight excluding hydrogens is 486 g/mol. The molecule has 0 bridgehead atoms. The second kappa shape index (κ2) is 8.30. The average molecular weight is 506 g/mol. The lowest BCUT2D eigenvalue weighted by Crippen LogP contribution is -1.97. The first kappa shape index (κ1) is 21.2. The van der Waals surface area contributed by atoms with Gasteiger partial charge in [0.05, 0.1) is 34.0 Å². The van der Waals surface area contributed by atoms with Crippen LogP contribution in [0.25, 0.3) is 72.1 Å². The molecule has 38 heavy (non-hydrogen) atoms. The van der Waals surface area contributed by atoms with Gasteiger partial charge >= 0.3 is 0 Å². The predicted molar refractivity (Wildman–Crippen MR) is 156 cm³/mol. The molecule has 8 aromatic rings. The zero-order valence-corrected chi connectivity index (χ0v) is 20.9. The highest BCUT2D eigenvalue weighted by Crippen LogP contribution is 2.37. The normalized spacial score (nSPS) is 11.7. The largest absolute Gasteiger partial charge is 0.309 e. The van der Waals surface area contributed by atoms with Crippen LogP contribution in [0.1, 0.15) is 0 Å². The molecule has 3 aromatic heterocycles. The maximum absolute atomic E-state index is 5.09. The van der Waals surface area contributed by atoms with Crippen molar-refractivity contribution >= 4 is 55.5 Å². The fraction of sp³-hybridized carbons (Fsp3) is 0. The van der Waals surface area contributed by atoms with Crippen LogP contribution in [0.4, 0.5) is 0 Å². The molecule has 0 saturated carbocycles. The van der Waals surface area contributed by atoms with Crippen LogP contribution in [0.15, 0.2) is 115 Å². The zero-order chi connectivity index (χ0) is 25.1. The van der Waals surface area contributed by atoms with Crippen molar-refractivity contribution in [2.45, 2.75) is 0 Å². The van der Waals surface area contributed by atoms with Crippen molar-refractivity contribution in [2.24, 2.45) is 0 Å². The Labute approximate surface area is 222 Å². The highest BCUT2D eigenvalue weighted by molar-refractivity contribution is 7.00. The van der Waals surface area contributed by atoms with Crippen LogP contribution in [0.5, 0.6) is 0 Å². The third-order valence-electron chi connectivity index (χ3n) is 7.07. The van der Waals surface area contributed by atoms with E-state index in [0.29, 0.717) is 5.82 Å². The number of rotatable bonds is 3. The monoisotopic (exact) mass is 505 g/mol. The number of hydrogen-bond acceptors (Lipinski definition) is 5. The first-order chi connectivity index (χ1) is 18.8. The molecule has 0 aliphatic carbocycles. The van der Waals surface area contributed by atoms with Gasteiger partial charge in [-0.2, -0.15) is 8.75 Å². The third-order valence-corrected chi connectivity index (χ3v) is 7.62. The Bertz CT molecular complexity index is 2140. The Balaban J connectivity index is 1.38. The SMILES string of the molecule is c1ccc(-c2nc(-c3cccc(-n4c5ccccc5c5c6nsnc6ccc54)c3)nc3ccccc23)cc1. The van der Waals surface area contributed by atoms with E-state index in [4.69, 9.17) is 9.97 Å². The summed E-state index contributed by atoms with van der Waals surface area (Å²) < 4.78 is 11.4. The minimum Gasteiger partial charge on any atom is -0.309 e. The molecule has 0 spiro atoms. The van der Waals surface area contributed by atoms with Gasteiger partial charge < -0.3 is 4.57 Å². The van der Waals surface area contributed by atoms with Crippen molar-refractivity contribution in [3.8, 4) is 28.3 Å². The highest BCUT2D eigenvalue weighted by Gasteiger charge is 2.17. The highest BCUT2D eigenvalue weighted by atomic mass is 32.1. The zero-order valence-electron chi connectivity index (χ0n) is 20.1. The first-order valence-electron chi connectivity index (χ1n) is 12.4. The summed E-state index contributed by atoms with van der Waals surface area (Å²) in [5.74, 6) is 0.705. The minimum absolute atomic E-state index is 0.705. The first-order valence-corrected chi connectivity index (χ1v) is 13.2. The van der Waals surface area contributed by atoms with Crippen LogP contribution in [0.3, 0.4) is 0 Å². The third kappa shape index (κ3) is 3.17. The van der Waals surface area contributed by atoms with Crippen LogP contribution in [0.2, 0.25) is 0 Å². The molecule has 0 fully saturated rings. The van der Waals surface area contributed by atoms with Crippen LogP contribution >= 0.6 is 11.7 Å². The van der Waals surface area contributed by atoms with E-state index in [1.54, 1.807) is 0 Å². The lowest BCUT2D eigenvalue weighted by atomic mass is 10.1. The van der Waals surface area contributed by atoms with E-state index < -0.39 is 0 Å². The van der Waals surface area contributed by atoms with Gasteiger partial charge in [-0.3, -0.25) is 0 Å². The molecule has 6 heteroatoms. The standard InChI is InChI=1S/C32H19N5S/c1-2-9-20(10-3-1)30-23-13-4-6-15-25(23)33-32(34-30)21-11-8-12-22(19-21)37-27-16-7-5-14-24(27)29-28(37)18-17-26-31(29)36-38-35-26/h1-19H. The van der Waals surface area contributed by atoms with E-state index in [9.17, 15) is 0 Å². The summed E-state index contributed by atoms with van der Waals surface area (Å²) in [6.07, 6.45) is 0. The molecule has 5 aromatic carbocycles. The van der Waals surface area contributed by atoms with Crippen LogP contribution < -0.4 is 0 Å². The summed E-state index contributed by atoms with van der Waals surface area (Å²) in [5, 5.41) is 3.34. The van der Waals surface area contributed by atoms with E-state index in [1.165, 1.54) is 17.1 Å². The van der Waals surface area contributed by atoms with Gasteiger partial charge in [-0.15, -0.1) is 0 Å². The summed E-state index contributed by atoms with van der Waals surface area (Å²) in [6.45, 7) is 0. The summed E-state index contributed by atoms with van der Waals surface area (Å²) in [7, 11) is 0. The van der Waals surface area contributed by atoms with Crippen molar-refractivity contribution in [1.82, 2.24) is 23.3 Å². The van der Waals surface area contributed by atoms with E-state index in [2.05, 4.69) is 98.2 Å². The van der Waals surface area contributed by atoms with Gasteiger partial charge in [-0.1, -0.05) is 78.9 Å². The Morgan fingerprint density at radius 3 is 2.26 bits per heavy atom. The van der Waals surface area contributed by atoms with Crippen molar-refractivity contribution in [3.63, 3.8) is 0 Å². The van der Waals surface area contributed by atoms with E-state index in [1.807, 2.05) is 30.3 Å². The maximum Gasteiger partial charge on any atom is 0.160 e. The Hall–Kier alpha value is -4.94. The molecule has 5 nitrogen and oxygen atoms in total. The number of nitrogens with zero attached hydrogens (tertiary/aromatic N) is 5. The molecule has 0 radical (unpaired) electrons. The molecule has 3 heterocycles. The van der Waals surface area contributed by atoms with Gasteiger partial charge in [0, 0.05) is 33.0 Å². The van der Waals surface area contributed by atoms with E-state index >= 15 is 0 Å². The van der Waals surface area contributed by atoms with E-state index in [0.717, 1.165) is 60.9 Å². The van der Waals surface area contributed by atoms with Gasteiger partial charge in [0.15, 0.2) is 5.82 Å². The molecule has 0 N–H and O–H groups in total. The molecule has 0 unspecified atom stereocenters. The van der Waals surface area contributed by atoms with Crippen molar-refractivity contribution in [2.75, 3.05) is 0 Å². The van der Waals surface area contributed by atoms with Crippen molar-refractivity contribution in [3.05, 3.63) is 115 Å². The van der Waals surface area contributed by atoms with Gasteiger partial charge in [0.1, 0.15) is 11.0 Å². The second-order valence-corrected chi connectivity index (χ2v) is 9.80. The van der Waals surface area contributed by atoms with Gasteiger partial charge in [0.25, 0.3) is 0 Å². The van der Waals surface area contributed by atoms with Crippen molar-refractivity contribution < 1.29 is 0 Å². The van der Waals surface area contributed by atoms with Gasteiger partial charge in [-0.05, 0) is 36.4 Å². The summed E-state index contributed by atoms with van der Waals surface area (Å²) in [5.41, 5.74) is 9.07. The maximum atomic E-state index is 5.09. The van der Waals surface area contributed by atoms with Gasteiger partial charge in [0.2, 0.25) is 0 Å². The smallest absolute Gasteiger partial charge is 0.160 e. The number of para-hydroxylation sites is 2. The summed E-state index contributed by atoms with van der Waals surface area (Å²) in [4.78, 5) is 10.1. The summed E-state index contributed by atoms with van der Waals surface area (Å²) >= 11 is 1.26. The second-order valence-electron chi connectivity index (χ2n) is 9.27. The molecule has 178 valence electrons. The minimum atomic E-state index is 0.705. The van der Waals surface area contributed by atoms with Crippen LogP contribution in [-0.2, 0) is 0 Å². The molecular formula is C32H19N5S. The lowest BCUT2D eigenvalue weighted by Gasteiger charge is -2.12. The number of benzene rings is 5. The molecule has 0 amide bonds. The Morgan fingerprint density at radius 2 is 1.34 bits per heavy atom. The number of aromatic nitrogens is 5. The molecule has 0 aliphatic rings. The fourth-order valence-electron chi connectivity index (χ4n) is 5.39. The fourth-order valence-corrected chi connectivity index (χ4v) is 5.93. The Morgan fingerprint density at radius 1 is 0.553 bits per heavy atom. The molecule has 8 rings (SSSR count). The molecule has 0 saturated heterocycles. The lowest BCUT2D eigenvalue weighted by molar-refractivity contribution is 1.17. The molecule has 0 aliphatic heterocycles. The van der Waals surface area contributed by atoms with Gasteiger partial charge in [-0.25, -0.2) is 9.97 Å². The predicted octanol–water partition coefficient (Wildman–Crippen LogP) is 8.07. The van der Waals surface area contributed by atoms with E-state index in [-0.39, 0.29) is 0 Å². The summed E-state index contributed by atoms with van der Waals surface area (Å²) in [6, 6.07) is 39.7. The van der Waals surface area contributed by atoms with Crippen LogP contribution in [-0.4, -0.2) is 23.3 Å². The van der Waals surface area contributed by atoms with Crippen LogP contribution in [0, 0.1) is 0 Å². The molecule has 0 atom stereocenters.